The quantitative estimate of drug-likeness (QED) is 0.792. The molecular weight excluding hydrogens is 314 g/mol. The molecule has 0 radical (unpaired) electrons. The van der Waals surface area contributed by atoms with Gasteiger partial charge in [-0.1, -0.05) is 0 Å². The van der Waals surface area contributed by atoms with E-state index in [0.29, 0.717) is 23.4 Å². The molecule has 0 amide bonds. The molecule has 0 saturated heterocycles. The molecule has 0 atom stereocenters. The molecule has 0 aliphatic rings. The third-order valence-corrected chi connectivity index (χ3v) is 3.51. The first-order valence-electron chi connectivity index (χ1n) is 7.38. The second-order valence-corrected chi connectivity index (χ2v) is 5.31. The van der Waals surface area contributed by atoms with E-state index in [2.05, 4.69) is 4.98 Å². The Morgan fingerprint density at radius 1 is 1.30 bits per heavy atom. The lowest BCUT2D eigenvalue weighted by Gasteiger charge is -2.23. The molecule has 1 aromatic heterocycles. The molecule has 1 aromatic carbocycles. The third-order valence-electron chi connectivity index (χ3n) is 3.51. The van der Waals surface area contributed by atoms with Crippen LogP contribution in [0.5, 0.6) is 0 Å². The normalized spacial score (nSPS) is 12.5. The Labute approximate surface area is 131 Å². The molecule has 0 fully saturated rings. The van der Waals surface area contributed by atoms with Crippen LogP contribution in [0.2, 0.25) is 0 Å². The van der Waals surface area contributed by atoms with Gasteiger partial charge in [-0.25, -0.2) is 9.37 Å². The van der Waals surface area contributed by atoms with Crippen LogP contribution in [-0.2, 0) is 13.1 Å². The second kappa shape index (κ2) is 7.27. The molecule has 0 saturated carbocycles. The lowest BCUT2D eigenvalue weighted by Crippen LogP contribution is -2.35. The maximum absolute atomic E-state index is 13.3. The number of fused-ring (bicyclic) bond motifs is 1. The summed E-state index contributed by atoms with van der Waals surface area (Å²) in [6.07, 6.45) is -4.08. The molecule has 2 rings (SSSR count). The van der Waals surface area contributed by atoms with Crippen molar-refractivity contribution < 1.29 is 22.7 Å². The van der Waals surface area contributed by atoms with Gasteiger partial charge in [-0.2, -0.15) is 13.2 Å². The van der Waals surface area contributed by atoms with Gasteiger partial charge in [0.05, 0.1) is 24.1 Å². The Morgan fingerprint density at radius 2 is 2.04 bits per heavy atom. The first-order chi connectivity index (χ1) is 10.8. The Hall–Kier alpha value is -1.67. The van der Waals surface area contributed by atoms with Crippen molar-refractivity contribution in [3.8, 4) is 0 Å². The Balaban J connectivity index is 2.29. The molecule has 2 aromatic rings. The number of aliphatic hydroxyl groups excluding tert-OH is 1. The second-order valence-electron chi connectivity index (χ2n) is 5.31. The lowest BCUT2D eigenvalue weighted by atomic mass is 10.3. The summed E-state index contributed by atoms with van der Waals surface area (Å²) in [5.74, 6) is 0.0209. The van der Waals surface area contributed by atoms with Crippen LogP contribution in [0, 0.1) is 5.82 Å². The smallest absolute Gasteiger partial charge is 0.396 e. The van der Waals surface area contributed by atoms with Crippen molar-refractivity contribution in [2.75, 3.05) is 19.7 Å². The summed E-state index contributed by atoms with van der Waals surface area (Å²) in [6.45, 7) is 1.23. The van der Waals surface area contributed by atoms with Gasteiger partial charge in [-0.05, 0) is 25.5 Å². The van der Waals surface area contributed by atoms with E-state index in [1.54, 1.807) is 10.6 Å². The Bertz CT molecular complexity index is 654. The van der Waals surface area contributed by atoms with Gasteiger partial charge in [-0.15, -0.1) is 0 Å². The third kappa shape index (κ3) is 4.65. The van der Waals surface area contributed by atoms with Crippen molar-refractivity contribution in [2.24, 2.45) is 0 Å². The van der Waals surface area contributed by atoms with E-state index < -0.39 is 18.5 Å². The van der Waals surface area contributed by atoms with Crippen molar-refractivity contribution in [1.82, 2.24) is 14.5 Å². The van der Waals surface area contributed by atoms with E-state index in [1.165, 1.54) is 17.0 Å². The van der Waals surface area contributed by atoms with Crippen molar-refractivity contribution in [3.05, 3.63) is 29.8 Å². The zero-order valence-corrected chi connectivity index (χ0v) is 12.8. The summed E-state index contributed by atoms with van der Waals surface area (Å²) in [6, 6.07) is 4.15. The van der Waals surface area contributed by atoms with Gasteiger partial charge < -0.3 is 9.67 Å². The summed E-state index contributed by atoms with van der Waals surface area (Å²) in [5, 5.41) is 8.85. The van der Waals surface area contributed by atoms with Gasteiger partial charge in [0.1, 0.15) is 11.6 Å². The minimum Gasteiger partial charge on any atom is -0.396 e. The molecule has 23 heavy (non-hydrogen) atoms. The minimum atomic E-state index is -4.33. The number of aliphatic hydroxyl groups is 1. The monoisotopic (exact) mass is 333 g/mol. The molecule has 1 N–H and O–H groups in total. The van der Waals surface area contributed by atoms with Crippen LogP contribution in [0.4, 0.5) is 17.6 Å². The molecule has 0 spiro atoms. The van der Waals surface area contributed by atoms with Crippen molar-refractivity contribution >= 4 is 11.0 Å². The van der Waals surface area contributed by atoms with E-state index in [-0.39, 0.29) is 26.1 Å². The number of nitrogens with zero attached hydrogens (tertiary/aromatic N) is 3. The SMILES string of the molecule is CCn1c(CN(CCCO)CC(F)(F)F)nc2cc(F)ccc21. The van der Waals surface area contributed by atoms with E-state index in [4.69, 9.17) is 5.11 Å². The fourth-order valence-corrected chi connectivity index (χ4v) is 2.59. The standard InChI is InChI=1S/C15H19F4N3O/c1-2-22-13-5-4-11(16)8-12(13)20-14(22)9-21(6-3-7-23)10-15(17,18)19/h4-5,8,23H,2-3,6-7,9-10H2,1H3. The zero-order valence-electron chi connectivity index (χ0n) is 12.8. The van der Waals surface area contributed by atoms with Crippen molar-refractivity contribution in [3.63, 3.8) is 0 Å². The predicted octanol–water partition coefficient (Wildman–Crippen LogP) is 2.94. The number of hydrogen-bond acceptors (Lipinski definition) is 3. The van der Waals surface area contributed by atoms with Crippen LogP contribution in [0.1, 0.15) is 19.2 Å². The van der Waals surface area contributed by atoms with Crippen LogP contribution >= 0.6 is 0 Å². The highest BCUT2D eigenvalue weighted by Gasteiger charge is 2.31. The van der Waals surface area contributed by atoms with E-state index in [9.17, 15) is 17.6 Å². The van der Waals surface area contributed by atoms with Crippen molar-refractivity contribution in [2.45, 2.75) is 32.6 Å². The topological polar surface area (TPSA) is 41.3 Å². The summed E-state index contributed by atoms with van der Waals surface area (Å²) < 4.78 is 53.2. The number of aromatic nitrogens is 2. The van der Waals surface area contributed by atoms with Gasteiger partial charge in [0.2, 0.25) is 0 Å². The summed E-state index contributed by atoms with van der Waals surface area (Å²) in [5.41, 5.74) is 1.12. The number of aryl methyl sites for hydroxylation is 1. The van der Waals surface area contributed by atoms with Crippen LogP contribution < -0.4 is 0 Å². The van der Waals surface area contributed by atoms with Gasteiger partial charge in [0.25, 0.3) is 0 Å². The molecule has 0 aliphatic carbocycles. The first kappa shape index (κ1) is 17.7. The molecular formula is C15H19F4N3O. The number of imidazole rings is 1. The number of hydrogen-bond donors (Lipinski definition) is 1. The van der Waals surface area contributed by atoms with Crippen LogP contribution in [0.15, 0.2) is 18.2 Å². The maximum Gasteiger partial charge on any atom is 0.401 e. The number of alkyl halides is 3. The van der Waals surface area contributed by atoms with E-state index in [0.717, 1.165) is 0 Å². The van der Waals surface area contributed by atoms with Crippen molar-refractivity contribution in [1.29, 1.82) is 0 Å². The summed E-state index contributed by atoms with van der Waals surface area (Å²) >= 11 is 0. The number of halogens is 4. The van der Waals surface area contributed by atoms with E-state index >= 15 is 0 Å². The zero-order chi connectivity index (χ0) is 17.0. The first-order valence-corrected chi connectivity index (χ1v) is 7.38. The average molecular weight is 333 g/mol. The number of rotatable bonds is 7. The lowest BCUT2D eigenvalue weighted by molar-refractivity contribution is -0.147. The summed E-state index contributed by atoms with van der Waals surface area (Å²) in [7, 11) is 0. The molecule has 0 bridgehead atoms. The van der Waals surface area contributed by atoms with Gasteiger partial charge >= 0.3 is 6.18 Å². The Kier molecular flexibility index (Phi) is 5.59. The molecule has 1 heterocycles. The van der Waals surface area contributed by atoms with E-state index in [1.807, 2.05) is 6.92 Å². The fraction of sp³-hybridized carbons (Fsp3) is 0.533. The fourth-order valence-electron chi connectivity index (χ4n) is 2.59. The minimum absolute atomic E-state index is 0.0103. The maximum atomic E-state index is 13.3. The van der Waals surface area contributed by atoms with Gasteiger partial charge in [0, 0.05) is 25.8 Å². The van der Waals surface area contributed by atoms with Gasteiger partial charge in [0.15, 0.2) is 0 Å². The van der Waals surface area contributed by atoms with Crippen LogP contribution in [-0.4, -0.2) is 45.4 Å². The largest absolute Gasteiger partial charge is 0.401 e. The molecule has 0 unspecified atom stereocenters. The molecule has 8 heteroatoms. The highest BCUT2D eigenvalue weighted by molar-refractivity contribution is 5.76. The average Bonchev–Trinajstić information content (AvgIpc) is 2.79. The van der Waals surface area contributed by atoms with Gasteiger partial charge in [-0.3, -0.25) is 4.90 Å². The number of benzene rings is 1. The Morgan fingerprint density at radius 3 is 2.65 bits per heavy atom. The van der Waals surface area contributed by atoms with Crippen LogP contribution in [0.3, 0.4) is 0 Å². The van der Waals surface area contributed by atoms with Crippen LogP contribution in [0.25, 0.3) is 11.0 Å². The predicted molar refractivity (Wildman–Crippen MR) is 78.4 cm³/mol. The highest BCUT2D eigenvalue weighted by atomic mass is 19.4. The highest BCUT2D eigenvalue weighted by Crippen LogP contribution is 2.21. The molecule has 4 nitrogen and oxygen atoms in total. The molecule has 128 valence electrons. The molecule has 0 aliphatic heterocycles. The summed E-state index contributed by atoms with van der Waals surface area (Å²) in [4.78, 5) is 5.47.